The standard InChI is InChI=1S/C11H9ClFNO/c1-6(15)10-5-7-9(14(10)2)4-3-8(13)11(7)12/h3-5H,1-2H3. The number of carbonyl (C=O) groups excluding carboxylic acids is 1. The van der Waals surface area contributed by atoms with Gasteiger partial charge in [-0.2, -0.15) is 0 Å². The number of fused-ring (bicyclic) bond motifs is 1. The molecular formula is C11H9ClFNO. The average Bonchev–Trinajstić information content (AvgIpc) is 2.51. The number of nitrogens with zero attached hydrogens (tertiary/aromatic N) is 1. The number of rotatable bonds is 1. The van der Waals surface area contributed by atoms with E-state index < -0.39 is 5.82 Å². The molecule has 0 amide bonds. The normalized spacial score (nSPS) is 10.9. The van der Waals surface area contributed by atoms with Gasteiger partial charge in [-0.05, 0) is 18.2 Å². The van der Waals surface area contributed by atoms with E-state index in [1.165, 1.54) is 13.0 Å². The van der Waals surface area contributed by atoms with E-state index in [2.05, 4.69) is 0 Å². The summed E-state index contributed by atoms with van der Waals surface area (Å²) in [5, 5.41) is 0.639. The van der Waals surface area contributed by atoms with Crippen molar-refractivity contribution in [3.05, 3.63) is 34.7 Å². The number of benzene rings is 1. The number of aryl methyl sites for hydroxylation is 1. The molecule has 2 aromatic rings. The molecule has 15 heavy (non-hydrogen) atoms. The Morgan fingerprint density at radius 2 is 2.13 bits per heavy atom. The van der Waals surface area contributed by atoms with Crippen molar-refractivity contribution in [2.45, 2.75) is 6.92 Å². The molecule has 0 aliphatic carbocycles. The van der Waals surface area contributed by atoms with Crippen LogP contribution in [0.3, 0.4) is 0 Å². The highest BCUT2D eigenvalue weighted by atomic mass is 35.5. The first-order chi connectivity index (χ1) is 7.02. The lowest BCUT2D eigenvalue weighted by molar-refractivity contribution is 0.101. The summed E-state index contributed by atoms with van der Waals surface area (Å²) in [6.07, 6.45) is 0. The number of hydrogen-bond acceptors (Lipinski definition) is 1. The van der Waals surface area contributed by atoms with E-state index >= 15 is 0 Å². The first kappa shape index (κ1) is 10.2. The molecule has 78 valence electrons. The zero-order chi connectivity index (χ0) is 11.2. The van der Waals surface area contributed by atoms with Crippen LogP contribution in [0.15, 0.2) is 18.2 Å². The molecule has 0 atom stereocenters. The molecule has 2 nitrogen and oxygen atoms in total. The zero-order valence-electron chi connectivity index (χ0n) is 8.34. The van der Waals surface area contributed by atoms with Gasteiger partial charge in [0.2, 0.25) is 0 Å². The van der Waals surface area contributed by atoms with Crippen molar-refractivity contribution in [1.29, 1.82) is 0 Å². The highest BCUT2D eigenvalue weighted by Gasteiger charge is 2.13. The summed E-state index contributed by atoms with van der Waals surface area (Å²) in [5.74, 6) is -0.532. The first-order valence-electron chi connectivity index (χ1n) is 4.46. The van der Waals surface area contributed by atoms with Crippen molar-refractivity contribution >= 4 is 28.3 Å². The molecule has 1 aromatic carbocycles. The lowest BCUT2D eigenvalue weighted by atomic mass is 10.2. The number of Topliss-reactive ketones (excluding diaryl/α,β-unsaturated/α-hetero) is 1. The monoisotopic (exact) mass is 225 g/mol. The minimum Gasteiger partial charge on any atom is -0.341 e. The van der Waals surface area contributed by atoms with E-state index in [1.54, 1.807) is 23.7 Å². The second kappa shape index (κ2) is 3.35. The van der Waals surface area contributed by atoms with E-state index in [4.69, 9.17) is 11.6 Å². The van der Waals surface area contributed by atoms with E-state index in [0.29, 0.717) is 11.1 Å². The molecule has 0 aliphatic heterocycles. The molecule has 0 bridgehead atoms. The van der Waals surface area contributed by atoms with Gasteiger partial charge in [-0.25, -0.2) is 4.39 Å². The molecule has 1 heterocycles. The van der Waals surface area contributed by atoms with E-state index in [0.717, 1.165) is 5.52 Å². The number of hydrogen-bond donors (Lipinski definition) is 0. The summed E-state index contributed by atoms with van der Waals surface area (Å²) in [6.45, 7) is 1.47. The second-order valence-electron chi connectivity index (χ2n) is 3.44. The number of halogens is 2. The van der Waals surface area contributed by atoms with Crippen molar-refractivity contribution in [2.75, 3.05) is 0 Å². The molecule has 0 saturated heterocycles. The maximum Gasteiger partial charge on any atom is 0.176 e. The average molecular weight is 226 g/mol. The van der Waals surface area contributed by atoms with Crippen LogP contribution < -0.4 is 0 Å². The van der Waals surface area contributed by atoms with Gasteiger partial charge in [0.15, 0.2) is 5.78 Å². The van der Waals surface area contributed by atoms with E-state index in [1.807, 2.05) is 0 Å². The third kappa shape index (κ3) is 1.43. The second-order valence-corrected chi connectivity index (χ2v) is 3.82. The lowest BCUT2D eigenvalue weighted by Crippen LogP contribution is -2.00. The largest absolute Gasteiger partial charge is 0.341 e. The van der Waals surface area contributed by atoms with Crippen LogP contribution in [0.5, 0.6) is 0 Å². The summed E-state index contributed by atoms with van der Waals surface area (Å²) >= 11 is 5.82. The third-order valence-corrected chi connectivity index (χ3v) is 2.86. The fourth-order valence-corrected chi connectivity index (χ4v) is 1.90. The lowest BCUT2D eigenvalue weighted by Gasteiger charge is -2.00. The van der Waals surface area contributed by atoms with Crippen molar-refractivity contribution in [2.24, 2.45) is 7.05 Å². The molecule has 0 N–H and O–H groups in total. The Morgan fingerprint density at radius 1 is 1.47 bits per heavy atom. The Morgan fingerprint density at radius 3 is 2.73 bits per heavy atom. The summed E-state index contributed by atoms with van der Waals surface area (Å²) in [6, 6.07) is 4.53. The molecule has 0 radical (unpaired) electrons. The van der Waals surface area contributed by atoms with Crippen LogP contribution >= 0.6 is 11.6 Å². The minimum absolute atomic E-state index is 0.0647. The van der Waals surface area contributed by atoms with Crippen LogP contribution in [-0.4, -0.2) is 10.4 Å². The van der Waals surface area contributed by atoms with Crippen LogP contribution in [0.1, 0.15) is 17.4 Å². The Kier molecular flexibility index (Phi) is 2.27. The summed E-state index contributed by atoms with van der Waals surface area (Å²) < 4.78 is 14.9. The van der Waals surface area contributed by atoms with E-state index in [9.17, 15) is 9.18 Å². The highest BCUT2D eigenvalue weighted by Crippen LogP contribution is 2.28. The highest BCUT2D eigenvalue weighted by molar-refractivity contribution is 6.35. The molecule has 0 aliphatic rings. The predicted octanol–water partition coefficient (Wildman–Crippen LogP) is 3.17. The van der Waals surface area contributed by atoms with E-state index in [-0.39, 0.29) is 10.8 Å². The molecular weight excluding hydrogens is 217 g/mol. The molecule has 0 saturated carbocycles. The molecule has 4 heteroatoms. The third-order valence-electron chi connectivity index (χ3n) is 2.47. The van der Waals surface area contributed by atoms with Crippen LogP contribution in [-0.2, 0) is 7.05 Å². The van der Waals surface area contributed by atoms with Crippen LogP contribution in [0.25, 0.3) is 10.9 Å². The van der Waals surface area contributed by atoms with Crippen LogP contribution in [0.2, 0.25) is 5.02 Å². The molecule has 0 unspecified atom stereocenters. The maximum absolute atomic E-state index is 13.2. The van der Waals surface area contributed by atoms with Gasteiger partial charge < -0.3 is 4.57 Å². The number of carbonyl (C=O) groups is 1. The van der Waals surface area contributed by atoms with Crippen molar-refractivity contribution in [1.82, 2.24) is 4.57 Å². The van der Waals surface area contributed by atoms with Gasteiger partial charge in [0.25, 0.3) is 0 Å². The number of ketones is 1. The predicted molar refractivity (Wildman–Crippen MR) is 57.9 cm³/mol. The zero-order valence-corrected chi connectivity index (χ0v) is 9.10. The molecule has 0 fully saturated rings. The summed E-state index contributed by atoms with van der Waals surface area (Å²) in [5.41, 5.74) is 1.28. The minimum atomic E-state index is -0.468. The number of aromatic nitrogens is 1. The SMILES string of the molecule is CC(=O)c1cc2c(Cl)c(F)ccc2n1C. The topological polar surface area (TPSA) is 22.0 Å². The van der Waals surface area contributed by atoms with Gasteiger partial charge >= 0.3 is 0 Å². The van der Waals surface area contributed by atoms with Crippen molar-refractivity contribution < 1.29 is 9.18 Å². The van der Waals surface area contributed by atoms with Crippen LogP contribution in [0.4, 0.5) is 4.39 Å². The smallest absolute Gasteiger partial charge is 0.176 e. The van der Waals surface area contributed by atoms with Gasteiger partial charge in [-0.3, -0.25) is 4.79 Å². The molecule has 2 rings (SSSR count). The molecule has 1 aromatic heterocycles. The van der Waals surface area contributed by atoms with Crippen LogP contribution in [0, 0.1) is 5.82 Å². The Balaban J connectivity index is 2.88. The fourth-order valence-electron chi connectivity index (χ4n) is 1.69. The summed E-state index contributed by atoms with van der Waals surface area (Å²) in [7, 11) is 1.76. The Labute approximate surface area is 91.3 Å². The Bertz CT molecular complexity index is 559. The maximum atomic E-state index is 13.2. The van der Waals surface area contributed by atoms with Crippen molar-refractivity contribution in [3.63, 3.8) is 0 Å². The summed E-state index contributed by atoms with van der Waals surface area (Å²) in [4.78, 5) is 11.3. The first-order valence-corrected chi connectivity index (χ1v) is 4.84. The van der Waals surface area contributed by atoms with Crippen molar-refractivity contribution in [3.8, 4) is 0 Å². The quantitative estimate of drug-likeness (QED) is 0.684. The molecule has 0 spiro atoms. The van der Waals surface area contributed by atoms with Gasteiger partial charge in [0.05, 0.1) is 16.2 Å². The van der Waals surface area contributed by atoms with Gasteiger partial charge in [0.1, 0.15) is 5.82 Å². The van der Waals surface area contributed by atoms with Gasteiger partial charge in [-0.15, -0.1) is 0 Å². The fraction of sp³-hybridized carbons (Fsp3) is 0.182. The Hall–Kier alpha value is -1.35. The van der Waals surface area contributed by atoms with Gasteiger partial charge in [0, 0.05) is 19.4 Å². The van der Waals surface area contributed by atoms with Gasteiger partial charge in [-0.1, -0.05) is 11.6 Å².